The van der Waals surface area contributed by atoms with Crippen molar-refractivity contribution in [2.75, 3.05) is 19.6 Å². The van der Waals surface area contributed by atoms with Crippen molar-refractivity contribution in [3.63, 3.8) is 0 Å². The van der Waals surface area contributed by atoms with Crippen molar-refractivity contribution >= 4 is 28.7 Å². The molecular weight excluding hydrogens is 432 g/mol. The Bertz CT molecular complexity index is 1230. The number of benzene rings is 2. The largest absolute Gasteiger partial charge is 0.338 e. The second kappa shape index (κ2) is 9.11. The number of piperazine rings is 1. The summed E-state index contributed by atoms with van der Waals surface area (Å²) in [5.41, 5.74) is 5.45. The van der Waals surface area contributed by atoms with Crippen LogP contribution < -0.4 is 10.7 Å². The minimum atomic E-state index is -0.800. The molecule has 2 fully saturated rings. The number of rotatable bonds is 4. The van der Waals surface area contributed by atoms with Crippen LogP contribution in [0.3, 0.4) is 0 Å². The number of nitrogens with zero attached hydrogens (tertiary/aromatic N) is 4. The highest BCUT2D eigenvalue weighted by molar-refractivity contribution is 6.35. The Morgan fingerprint density at radius 2 is 1.88 bits per heavy atom. The summed E-state index contributed by atoms with van der Waals surface area (Å²) in [6.45, 7) is 3.85. The van der Waals surface area contributed by atoms with Gasteiger partial charge >= 0.3 is 17.8 Å². The van der Waals surface area contributed by atoms with Gasteiger partial charge in [0, 0.05) is 37.8 Å². The molecule has 3 aromatic rings. The molecule has 1 unspecified atom stereocenters. The highest BCUT2D eigenvalue weighted by atomic mass is 16.2. The lowest BCUT2D eigenvalue weighted by atomic mass is 10.1. The van der Waals surface area contributed by atoms with Crippen molar-refractivity contribution in [2.45, 2.75) is 25.7 Å². The number of carbonyl (C=O) groups is 3. The van der Waals surface area contributed by atoms with E-state index in [9.17, 15) is 14.4 Å². The number of nitrogens with one attached hydrogen (secondary N) is 2. The van der Waals surface area contributed by atoms with Crippen LogP contribution in [0.15, 0.2) is 66.9 Å². The normalized spacial score (nSPS) is 19.5. The maximum absolute atomic E-state index is 13.2. The fourth-order valence-corrected chi connectivity index (χ4v) is 4.58. The average molecular weight is 459 g/mol. The fraction of sp³-hybridized carbons (Fsp3) is 0.280. The third-order valence-electron chi connectivity index (χ3n) is 6.38. The van der Waals surface area contributed by atoms with Gasteiger partial charge < -0.3 is 10.2 Å². The minimum absolute atomic E-state index is 0.266. The first-order chi connectivity index (χ1) is 16.5. The molecule has 5 rings (SSSR count). The Hall–Kier alpha value is -3.98. The van der Waals surface area contributed by atoms with Crippen LogP contribution in [0, 0.1) is 0 Å². The number of hydrogen-bond acceptors (Lipinski definition) is 5. The van der Waals surface area contributed by atoms with E-state index in [0.29, 0.717) is 26.2 Å². The van der Waals surface area contributed by atoms with Gasteiger partial charge in [0.05, 0.1) is 11.6 Å². The summed E-state index contributed by atoms with van der Waals surface area (Å²) in [4.78, 5) is 46.2. The van der Waals surface area contributed by atoms with E-state index >= 15 is 0 Å². The van der Waals surface area contributed by atoms with Gasteiger partial charge in [0.2, 0.25) is 0 Å². The number of fused-ring (bicyclic) bond motifs is 2. The van der Waals surface area contributed by atoms with Crippen LogP contribution in [0.5, 0.6) is 0 Å². The van der Waals surface area contributed by atoms with Crippen molar-refractivity contribution in [1.82, 2.24) is 30.5 Å². The van der Waals surface area contributed by atoms with Gasteiger partial charge in [0.15, 0.2) is 0 Å². The summed E-state index contributed by atoms with van der Waals surface area (Å²) in [6, 6.07) is 18.9. The quantitative estimate of drug-likeness (QED) is 0.583. The SMILES string of the molecule is C[C@@H](NC(=O)N1NC(=O)C(=O)N2CCN(Cc3cccc4cccnc34)CC21)c1ccccc1. The van der Waals surface area contributed by atoms with Gasteiger partial charge in [-0.05, 0) is 24.1 Å². The molecule has 9 heteroatoms. The van der Waals surface area contributed by atoms with E-state index in [1.165, 1.54) is 9.91 Å². The third kappa shape index (κ3) is 4.17. The summed E-state index contributed by atoms with van der Waals surface area (Å²) in [5, 5.41) is 5.24. The Balaban J connectivity index is 1.34. The summed E-state index contributed by atoms with van der Waals surface area (Å²) < 4.78 is 0. The number of aromatic nitrogens is 1. The molecule has 0 saturated carbocycles. The van der Waals surface area contributed by atoms with Crippen molar-refractivity contribution in [3.8, 4) is 0 Å². The van der Waals surface area contributed by atoms with E-state index in [-0.39, 0.29) is 6.04 Å². The fourth-order valence-electron chi connectivity index (χ4n) is 4.58. The molecule has 0 bridgehead atoms. The van der Waals surface area contributed by atoms with Crippen LogP contribution in [-0.4, -0.2) is 63.4 Å². The second-order valence-corrected chi connectivity index (χ2v) is 8.60. The molecule has 2 aliphatic heterocycles. The van der Waals surface area contributed by atoms with Crippen molar-refractivity contribution in [3.05, 3.63) is 78.0 Å². The molecule has 2 aromatic carbocycles. The van der Waals surface area contributed by atoms with Gasteiger partial charge in [0.25, 0.3) is 0 Å². The molecule has 1 aromatic heterocycles. The van der Waals surface area contributed by atoms with Crippen LogP contribution in [0.4, 0.5) is 4.79 Å². The number of hydrazine groups is 1. The number of pyridine rings is 1. The molecule has 2 N–H and O–H groups in total. The van der Waals surface area contributed by atoms with Gasteiger partial charge in [-0.1, -0.05) is 54.6 Å². The topological polar surface area (TPSA) is 97.9 Å². The molecule has 4 amide bonds. The lowest BCUT2D eigenvalue weighted by Gasteiger charge is -2.48. The molecular formula is C25H26N6O3. The predicted octanol–water partition coefficient (Wildman–Crippen LogP) is 2.02. The summed E-state index contributed by atoms with van der Waals surface area (Å²) >= 11 is 0. The van der Waals surface area contributed by atoms with Gasteiger partial charge in [0.1, 0.15) is 6.17 Å². The Kier molecular flexibility index (Phi) is 5.85. The molecule has 9 nitrogen and oxygen atoms in total. The molecule has 34 heavy (non-hydrogen) atoms. The molecule has 3 heterocycles. The molecule has 0 aliphatic carbocycles. The van der Waals surface area contributed by atoms with Crippen LogP contribution in [0.1, 0.15) is 24.1 Å². The van der Waals surface area contributed by atoms with E-state index < -0.39 is 24.0 Å². The first kappa shape index (κ1) is 21.8. The zero-order valence-electron chi connectivity index (χ0n) is 18.8. The minimum Gasteiger partial charge on any atom is -0.330 e. The number of hydrogen-bond donors (Lipinski definition) is 2. The van der Waals surface area contributed by atoms with Crippen LogP contribution in [-0.2, 0) is 16.1 Å². The van der Waals surface area contributed by atoms with E-state index in [4.69, 9.17) is 0 Å². The first-order valence-corrected chi connectivity index (χ1v) is 11.3. The Morgan fingerprint density at radius 1 is 1.09 bits per heavy atom. The number of carbonyl (C=O) groups excluding carboxylic acids is 3. The highest BCUT2D eigenvalue weighted by Gasteiger charge is 2.44. The maximum Gasteiger partial charge on any atom is 0.338 e. The third-order valence-corrected chi connectivity index (χ3v) is 6.38. The van der Waals surface area contributed by atoms with Crippen molar-refractivity contribution in [2.24, 2.45) is 0 Å². The van der Waals surface area contributed by atoms with Crippen molar-refractivity contribution < 1.29 is 14.4 Å². The summed E-state index contributed by atoms with van der Waals surface area (Å²) in [6.07, 6.45) is 1.17. The van der Waals surface area contributed by atoms with Gasteiger partial charge in [-0.15, -0.1) is 0 Å². The predicted molar refractivity (Wildman–Crippen MR) is 126 cm³/mol. The zero-order valence-corrected chi connectivity index (χ0v) is 18.8. The van der Waals surface area contributed by atoms with Gasteiger partial charge in [-0.25, -0.2) is 9.80 Å². The molecule has 0 radical (unpaired) electrons. The van der Waals surface area contributed by atoms with E-state index in [2.05, 4.69) is 20.6 Å². The Labute approximate surface area is 197 Å². The molecule has 2 aliphatic rings. The van der Waals surface area contributed by atoms with Gasteiger partial charge in [-0.3, -0.25) is 24.9 Å². The molecule has 174 valence electrons. The second-order valence-electron chi connectivity index (χ2n) is 8.60. The number of para-hydroxylation sites is 1. The van der Waals surface area contributed by atoms with E-state index in [1.807, 2.05) is 67.6 Å². The maximum atomic E-state index is 13.2. The van der Waals surface area contributed by atoms with Crippen molar-refractivity contribution in [1.29, 1.82) is 0 Å². The zero-order chi connectivity index (χ0) is 23.7. The smallest absolute Gasteiger partial charge is 0.330 e. The number of urea groups is 1. The molecule has 0 spiro atoms. The van der Waals surface area contributed by atoms with E-state index in [0.717, 1.165) is 22.0 Å². The van der Waals surface area contributed by atoms with Crippen LogP contribution >= 0.6 is 0 Å². The van der Waals surface area contributed by atoms with Crippen LogP contribution in [0.25, 0.3) is 10.9 Å². The van der Waals surface area contributed by atoms with Crippen LogP contribution in [0.2, 0.25) is 0 Å². The molecule has 2 atom stereocenters. The Morgan fingerprint density at radius 3 is 2.71 bits per heavy atom. The highest BCUT2D eigenvalue weighted by Crippen LogP contribution is 2.22. The summed E-state index contributed by atoms with van der Waals surface area (Å²) in [5.74, 6) is -1.41. The standard InChI is InChI=1S/C25H26N6O3/c1-17(18-7-3-2-4-8-18)27-25(34)31-21-16-29(13-14-30(21)24(33)23(32)28-31)15-20-10-5-9-19-11-6-12-26-22(19)20/h2-12,17,21H,13-16H2,1H3,(H,27,34)(H,28,32)/t17-,21?/m1/s1. The van der Waals surface area contributed by atoms with Gasteiger partial charge in [-0.2, -0.15) is 0 Å². The number of amides is 4. The van der Waals surface area contributed by atoms with E-state index in [1.54, 1.807) is 6.20 Å². The summed E-state index contributed by atoms with van der Waals surface area (Å²) in [7, 11) is 0. The first-order valence-electron chi connectivity index (χ1n) is 11.3. The lowest BCUT2D eigenvalue weighted by Crippen LogP contribution is -2.74. The monoisotopic (exact) mass is 458 g/mol. The average Bonchev–Trinajstić information content (AvgIpc) is 2.87. The molecule has 2 saturated heterocycles. The lowest BCUT2D eigenvalue weighted by molar-refractivity contribution is -0.164.